The van der Waals surface area contributed by atoms with Crippen molar-refractivity contribution in [3.05, 3.63) is 32.7 Å². The molecule has 0 atom stereocenters. The Balaban J connectivity index is 2.51. The maximum Gasteiger partial charge on any atom is 0.252 e. The first-order valence-electron chi connectivity index (χ1n) is 5.20. The third-order valence-corrected chi connectivity index (χ3v) is 4.33. The topological polar surface area (TPSA) is 63.2 Å². The molecular formula is C11H13Br2NO3S. The minimum Gasteiger partial charge on any atom is -0.352 e. The molecular weight excluding hydrogens is 386 g/mol. The lowest BCUT2D eigenvalue weighted by atomic mass is 10.2. The molecule has 0 heterocycles. The number of halogens is 2. The van der Waals surface area contributed by atoms with Gasteiger partial charge in [-0.2, -0.15) is 0 Å². The molecule has 1 aromatic rings. The number of nitrogens with one attached hydrogen (secondary N) is 1. The van der Waals surface area contributed by atoms with Gasteiger partial charge in [0.2, 0.25) is 0 Å². The summed E-state index contributed by atoms with van der Waals surface area (Å²) >= 11 is 6.60. The van der Waals surface area contributed by atoms with E-state index in [1.165, 1.54) is 6.26 Å². The van der Waals surface area contributed by atoms with Crippen molar-refractivity contribution < 1.29 is 13.2 Å². The molecule has 0 bridgehead atoms. The zero-order chi connectivity index (χ0) is 13.8. The van der Waals surface area contributed by atoms with Crippen LogP contribution < -0.4 is 5.32 Å². The van der Waals surface area contributed by atoms with Crippen molar-refractivity contribution in [3.63, 3.8) is 0 Å². The number of carbonyl (C=O) groups is 1. The third-order valence-electron chi connectivity index (χ3n) is 2.15. The molecule has 1 aromatic carbocycles. The molecule has 0 aliphatic heterocycles. The molecule has 0 spiro atoms. The average molecular weight is 399 g/mol. The predicted octanol–water partition coefficient (Wildman–Crippen LogP) is 2.38. The van der Waals surface area contributed by atoms with Crippen molar-refractivity contribution in [1.82, 2.24) is 5.32 Å². The number of hydrogen-bond acceptors (Lipinski definition) is 3. The van der Waals surface area contributed by atoms with E-state index < -0.39 is 9.84 Å². The molecule has 100 valence electrons. The summed E-state index contributed by atoms with van der Waals surface area (Å²) in [5.74, 6) is -0.141. The van der Waals surface area contributed by atoms with Gasteiger partial charge in [-0.3, -0.25) is 4.79 Å². The fourth-order valence-electron chi connectivity index (χ4n) is 1.31. The summed E-state index contributed by atoms with van der Waals surface area (Å²) in [7, 11) is -2.97. The molecule has 4 nitrogen and oxygen atoms in total. The Morgan fingerprint density at radius 2 is 2.00 bits per heavy atom. The molecule has 0 fully saturated rings. The van der Waals surface area contributed by atoms with Gasteiger partial charge in [0, 0.05) is 21.7 Å². The van der Waals surface area contributed by atoms with Crippen LogP contribution in [0.5, 0.6) is 0 Å². The molecule has 7 heteroatoms. The fourth-order valence-corrected chi connectivity index (χ4v) is 3.20. The van der Waals surface area contributed by atoms with E-state index in [0.29, 0.717) is 23.0 Å². The highest BCUT2D eigenvalue weighted by Gasteiger charge is 2.10. The van der Waals surface area contributed by atoms with Crippen LogP contribution in [-0.4, -0.2) is 32.9 Å². The van der Waals surface area contributed by atoms with E-state index in [0.717, 1.165) is 4.47 Å². The monoisotopic (exact) mass is 397 g/mol. The second kappa shape index (κ2) is 6.68. The summed E-state index contributed by atoms with van der Waals surface area (Å²) in [6.45, 7) is 0.342. The van der Waals surface area contributed by atoms with Crippen molar-refractivity contribution >= 4 is 47.6 Å². The second-order valence-electron chi connectivity index (χ2n) is 3.86. The molecule has 1 amide bonds. The first-order chi connectivity index (χ1) is 8.29. The summed E-state index contributed by atoms with van der Waals surface area (Å²) in [4.78, 5) is 11.8. The van der Waals surface area contributed by atoms with Gasteiger partial charge in [-0.15, -0.1) is 0 Å². The maximum absolute atomic E-state index is 11.8. The summed E-state index contributed by atoms with van der Waals surface area (Å²) < 4.78 is 23.4. The van der Waals surface area contributed by atoms with Gasteiger partial charge in [0.05, 0.1) is 11.3 Å². The molecule has 0 aromatic heterocycles. The molecule has 0 aliphatic carbocycles. The Morgan fingerprint density at radius 3 is 2.56 bits per heavy atom. The van der Waals surface area contributed by atoms with Crippen LogP contribution in [0.4, 0.5) is 0 Å². The highest BCUT2D eigenvalue weighted by Crippen LogP contribution is 2.21. The van der Waals surface area contributed by atoms with E-state index >= 15 is 0 Å². The van der Waals surface area contributed by atoms with Crippen molar-refractivity contribution in [2.75, 3.05) is 18.6 Å². The lowest BCUT2D eigenvalue weighted by molar-refractivity contribution is 0.0953. The van der Waals surface area contributed by atoms with Crippen molar-refractivity contribution in [2.24, 2.45) is 0 Å². The van der Waals surface area contributed by atoms with E-state index in [9.17, 15) is 13.2 Å². The van der Waals surface area contributed by atoms with Crippen LogP contribution in [0.1, 0.15) is 16.8 Å². The highest BCUT2D eigenvalue weighted by atomic mass is 79.9. The zero-order valence-corrected chi connectivity index (χ0v) is 13.7. The Hall–Kier alpha value is -0.400. The van der Waals surface area contributed by atoms with Gasteiger partial charge < -0.3 is 5.32 Å². The van der Waals surface area contributed by atoms with Crippen LogP contribution in [0.3, 0.4) is 0 Å². The smallest absolute Gasteiger partial charge is 0.252 e. The molecule has 0 unspecified atom stereocenters. The number of sulfone groups is 1. The van der Waals surface area contributed by atoms with Crippen LogP contribution in [0.2, 0.25) is 0 Å². The largest absolute Gasteiger partial charge is 0.352 e. The summed E-state index contributed by atoms with van der Waals surface area (Å²) in [6.07, 6.45) is 1.60. The predicted molar refractivity (Wildman–Crippen MR) is 78.5 cm³/mol. The zero-order valence-electron chi connectivity index (χ0n) is 9.74. The van der Waals surface area contributed by atoms with Gasteiger partial charge >= 0.3 is 0 Å². The molecule has 1 rings (SSSR count). The summed E-state index contributed by atoms with van der Waals surface area (Å²) in [5, 5.41) is 2.68. The summed E-state index contributed by atoms with van der Waals surface area (Å²) in [6, 6.07) is 5.25. The molecule has 0 aliphatic rings. The fraction of sp³-hybridized carbons (Fsp3) is 0.364. The van der Waals surface area contributed by atoms with Gasteiger partial charge in [-0.1, -0.05) is 15.9 Å². The van der Waals surface area contributed by atoms with E-state index in [1.54, 1.807) is 18.2 Å². The first kappa shape index (κ1) is 15.7. The standard InChI is InChI=1S/C11H13Br2NO3S/c1-18(16,17)6-2-5-14-11(15)9-4-3-8(12)7-10(9)13/h3-4,7H,2,5-6H2,1H3,(H,14,15). The normalized spacial score (nSPS) is 11.3. The summed E-state index contributed by atoms with van der Waals surface area (Å²) in [5.41, 5.74) is 0.526. The van der Waals surface area contributed by atoms with Crippen LogP contribution in [0.15, 0.2) is 27.1 Å². The molecule has 0 saturated heterocycles. The Morgan fingerprint density at radius 1 is 1.33 bits per heavy atom. The van der Waals surface area contributed by atoms with E-state index in [2.05, 4.69) is 37.2 Å². The number of benzene rings is 1. The first-order valence-corrected chi connectivity index (χ1v) is 8.85. The van der Waals surface area contributed by atoms with Crippen LogP contribution in [0.25, 0.3) is 0 Å². The van der Waals surface area contributed by atoms with E-state index in [-0.39, 0.29) is 11.7 Å². The Bertz CT molecular complexity index is 543. The maximum atomic E-state index is 11.8. The number of hydrogen-bond donors (Lipinski definition) is 1. The molecule has 0 radical (unpaired) electrons. The van der Waals surface area contributed by atoms with E-state index in [1.807, 2.05) is 0 Å². The Kier molecular flexibility index (Phi) is 5.81. The van der Waals surface area contributed by atoms with Gasteiger partial charge in [0.15, 0.2) is 0 Å². The molecule has 1 N–H and O–H groups in total. The van der Waals surface area contributed by atoms with Crippen molar-refractivity contribution in [1.29, 1.82) is 0 Å². The molecule has 18 heavy (non-hydrogen) atoms. The van der Waals surface area contributed by atoms with Gasteiger partial charge in [0.25, 0.3) is 5.91 Å². The molecule has 0 saturated carbocycles. The SMILES string of the molecule is CS(=O)(=O)CCCNC(=O)c1ccc(Br)cc1Br. The van der Waals surface area contributed by atoms with Crippen molar-refractivity contribution in [2.45, 2.75) is 6.42 Å². The van der Waals surface area contributed by atoms with E-state index in [4.69, 9.17) is 0 Å². The highest BCUT2D eigenvalue weighted by molar-refractivity contribution is 9.11. The van der Waals surface area contributed by atoms with Crippen LogP contribution in [0, 0.1) is 0 Å². The van der Waals surface area contributed by atoms with Crippen LogP contribution >= 0.6 is 31.9 Å². The van der Waals surface area contributed by atoms with Gasteiger partial charge in [-0.05, 0) is 40.5 Å². The number of rotatable bonds is 5. The number of carbonyl (C=O) groups excluding carboxylic acids is 1. The number of amides is 1. The van der Waals surface area contributed by atoms with Gasteiger partial charge in [-0.25, -0.2) is 8.42 Å². The minimum atomic E-state index is -2.97. The minimum absolute atomic E-state index is 0.0782. The lowest BCUT2D eigenvalue weighted by Gasteiger charge is -2.06. The van der Waals surface area contributed by atoms with Crippen LogP contribution in [-0.2, 0) is 9.84 Å². The lowest BCUT2D eigenvalue weighted by Crippen LogP contribution is -2.26. The Labute approximate surface area is 123 Å². The van der Waals surface area contributed by atoms with Crippen molar-refractivity contribution in [3.8, 4) is 0 Å². The average Bonchev–Trinajstić information content (AvgIpc) is 2.22. The quantitative estimate of drug-likeness (QED) is 0.774. The second-order valence-corrected chi connectivity index (χ2v) is 7.89. The van der Waals surface area contributed by atoms with Gasteiger partial charge in [0.1, 0.15) is 9.84 Å². The third kappa shape index (κ3) is 5.49.